The summed E-state index contributed by atoms with van der Waals surface area (Å²) in [4.78, 5) is 4.67. The Bertz CT molecular complexity index is 432. The largest absolute Gasteiger partial charge is 0.367 e. The standard InChI is InChI=1S/C17H27FN2S/c1-3-17(4-2,14-21)13-19-9-11-20(12-10-19)16-8-6-5-7-15(16)18/h5-8,21H,3-4,9-14H2,1-2H3. The number of anilines is 1. The third-order valence-electron chi connectivity index (χ3n) is 4.96. The Morgan fingerprint density at radius 1 is 1.10 bits per heavy atom. The van der Waals surface area contributed by atoms with E-state index in [1.807, 2.05) is 12.1 Å². The van der Waals surface area contributed by atoms with Crippen molar-refractivity contribution in [3.05, 3.63) is 30.1 Å². The maximum atomic E-state index is 13.8. The maximum absolute atomic E-state index is 13.8. The van der Waals surface area contributed by atoms with Crippen molar-refractivity contribution in [2.24, 2.45) is 5.41 Å². The summed E-state index contributed by atoms with van der Waals surface area (Å²) in [6.07, 6.45) is 2.33. The first-order chi connectivity index (χ1) is 10.1. The molecule has 0 spiro atoms. The number of rotatable bonds is 6. The van der Waals surface area contributed by atoms with Gasteiger partial charge in [0.25, 0.3) is 0 Å². The first-order valence-corrected chi connectivity index (χ1v) is 8.60. The zero-order valence-corrected chi connectivity index (χ0v) is 14.1. The summed E-state index contributed by atoms with van der Waals surface area (Å²) in [5.41, 5.74) is 1.06. The smallest absolute Gasteiger partial charge is 0.146 e. The minimum atomic E-state index is -0.113. The van der Waals surface area contributed by atoms with Gasteiger partial charge >= 0.3 is 0 Å². The number of benzene rings is 1. The lowest BCUT2D eigenvalue weighted by Gasteiger charge is -2.41. The summed E-state index contributed by atoms with van der Waals surface area (Å²) in [6.45, 7) is 9.43. The van der Waals surface area contributed by atoms with Gasteiger partial charge in [0, 0.05) is 32.7 Å². The van der Waals surface area contributed by atoms with E-state index < -0.39 is 0 Å². The molecule has 1 aromatic rings. The third kappa shape index (κ3) is 3.92. The lowest BCUT2D eigenvalue weighted by Crippen LogP contribution is -2.50. The Morgan fingerprint density at radius 2 is 1.71 bits per heavy atom. The molecular weight excluding hydrogens is 283 g/mol. The van der Waals surface area contributed by atoms with Gasteiger partial charge in [-0.15, -0.1) is 0 Å². The monoisotopic (exact) mass is 310 g/mol. The van der Waals surface area contributed by atoms with Crippen molar-refractivity contribution in [3.63, 3.8) is 0 Å². The van der Waals surface area contributed by atoms with Crippen LogP contribution in [0.3, 0.4) is 0 Å². The lowest BCUT2D eigenvalue weighted by atomic mass is 9.83. The molecule has 0 unspecified atom stereocenters. The first kappa shape index (κ1) is 16.6. The Kier molecular flexibility index (Phi) is 5.94. The van der Waals surface area contributed by atoms with E-state index in [0.29, 0.717) is 5.41 Å². The predicted octanol–water partition coefficient (Wildman–Crippen LogP) is 3.68. The van der Waals surface area contributed by atoms with Crippen LogP contribution in [0.15, 0.2) is 24.3 Å². The van der Waals surface area contributed by atoms with Crippen molar-refractivity contribution in [2.45, 2.75) is 26.7 Å². The number of halogens is 1. The van der Waals surface area contributed by atoms with Gasteiger partial charge in [-0.1, -0.05) is 26.0 Å². The molecule has 0 bridgehead atoms. The van der Waals surface area contributed by atoms with Crippen LogP contribution in [0.25, 0.3) is 0 Å². The average molecular weight is 310 g/mol. The van der Waals surface area contributed by atoms with Crippen LogP contribution < -0.4 is 4.90 Å². The molecule has 0 amide bonds. The average Bonchev–Trinajstić information content (AvgIpc) is 2.54. The summed E-state index contributed by atoms with van der Waals surface area (Å²) in [5, 5.41) is 0. The van der Waals surface area contributed by atoms with Crippen molar-refractivity contribution in [3.8, 4) is 0 Å². The number of piperazine rings is 1. The highest BCUT2D eigenvalue weighted by Gasteiger charge is 2.29. The maximum Gasteiger partial charge on any atom is 0.146 e. The summed E-state index contributed by atoms with van der Waals surface area (Å²) < 4.78 is 13.8. The van der Waals surface area contributed by atoms with Gasteiger partial charge in [-0.3, -0.25) is 4.90 Å². The van der Waals surface area contributed by atoms with E-state index >= 15 is 0 Å². The highest BCUT2D eigenvalue weighted by Crippen LogP contribution is 2.30. The van der Waals surface area contributed by atoms with Gasteiger partial charge in [0.05, 0.1) is 5.69 Å². The van der Waals surface area contributed by atoms with Crippen LogP contribution >= 0.6 is 12.6 Å². The Balaban J connectivity index is 1.93. The van der Waals surface area contributed by atoms with Gasteiger partial charge in [-0.2, -0.15) is 12.6 Å². The second-order valence-electron chi connectivity index (χ2n) is 6.08. The summed E-state index contributed by atoms with van der Waals surface area (Å²) >= 11 is 4.56. The van der Waals surface area contributed by atoms with Crippen molar-refractivity contribution < 1.29 is 4.39 Å². The van der Waals surface area contributed by atoms with Crippen molar-refractivity contribution >= 4 is 18.3 Å². The minimum absolute atomic E-state index is 0.113. The van der Waals surface area contributed by atoms with Crippen LogP contribution in [-0.2, 0) is 0 Å². The van der Waals surface area contributed by atoms with E-state index in [1.165, 1.54) is 12.8 Å². The van der Waals surface area contributed by atoms with Crippen LogP contribution in [0.2, 0.25) is 0 Å². The molecule has 4 heteroatoms. The van der Waals surface area contributed by atoms with Gasteiger partial charge in [-0.25, -0.2) is 4.39 Å². The molecule has 0 aliphatic carbocycles. The van der Waals surface area contributed by atoms with E-state index in [1.54, 1.807) is 12.1 Å². The fourth-order valence-corrected chi connectivity index (χ4v) is 3.62. The molecule has 0 saturated carbocycles. The van der Waals surface area contributed by atoms with Crippen molar-refractivity contribution in [1.29, 1.82) is 0 Å². The Hall–Kier alpha value is -0.740. The number of thiol groups is 1. The number of hydrogen-bond donors (Lipinski definition) is 1. The molecular formula is C17H27FN2S. The van der Waals surface area contributed by atoms with E-state index in [0.717, 1.165) is 44.2 Å². The summed E-state index contributed by atoms with van der Waals surface area (Å²) in [7, 11) is 0. The molecule has 1 heterocycles. The first-order valence-electron chi connectivity index (χ1n) is 7.97. The van der Waals surface area contributed by atoms with Gasteiger partial charge in [0.15, 0.2) is 0 Å². The van der Waals surface area contributed by atoms with Gasteiger partial charge < -0.3 is 4.90 Å². The second kappa shape index (κ2) is 7.50. The molecule has 1 aromatic carbocycles. The molecule has 0 N–H and O–H groups in total. The number of para-hydroxylation sites is 1. The predicted molar refractivity (Wildman–Crippen MR) is 91.9 cm³/mol. The number of nitrogens with zero attached hydrogens (tertiary/aromatic N) is 2. The molecule has 1 aliphatic rings. The summed E-state index contributed by atoms with van der Waals surface area (Å²) in [6, 6.07) is 7.08. The second-order valence-corrected chi connectivity index (χ2v) is 6.40. The number of hydrogen-bond acceptors (Lipinski definition) is 3. The molecule has 0 radical (unpaired) electrons. The van der Waals surface area contributed by atoms with Crippen LogP contribution in [0, 0.1) is 11.2 Å². The fraction of sp³-hybridized carbons (Fsp3) is 0.647. The van der Waals surface area contributed by atoms with Gasteiger partial charge in [-0.05, 0) is 36.1 Å². The highest BCUT2D eigenvalue weighted by molar-refractivity contribution is 7.80. The molecule has 2 nitrogen and oxygen atoms in total. The van der Waals surface area contributed by atoms with E-state index in [4.69, 9.17) is 0 Å². The van der Waals surface area contributed by atoms with Crippen LogP contribution in [0.5, 0.6) is 0 Å². The van der Waals surface area contributed by atoms with Gasteiger partial charge in [0.1, 0.15) is 5.82 Å². The molecule has 2 rings (SSSR count). The Labute approximate surface area is 133 Å². The van der Waals surface area contributed by atoms with E-state index in [2.05, 4.69) is 36.3 Å². The van der Waals surface area contributed by atoms with E-state index in [-0.39, 0.29) is 5.82 Å². The summed E-state index contributed by atoms with van der Waals surface area (Å²) in [5.74, 6) is 0.825. The van der Waals surface area contributed by atoms with Crippen molar-refractivity contribution in [2.75, 3.05) is 43.4 Å². The highest BCUT2D eigenvalue weighted by atomic mass is 32.1. The molecule has 21 heavy (non-hydrogen) atoms. The third-order valence-corrected chi connectivity index (χ3v) is 5.63. The Morgan fingerprint density at radius 3 is 2.24 bits per heavy atom. The van der Waals surface area contributed by atoms with Crippen LogP contribution in [-0.4, -0.2) is 43.4 Å². The molecule has 0 aromatic heterocycles. The molecule has 1 aliphatic heterocycles. The zero-order chi connectivity index (χ0) is 15.3. The SMILES string of the molecule is CCC(CC)(CS)CN1CCN(c2ccccc2F)CC1. The molecule has 118 valence electrons. The molecule has 0 atom stereocenters. The normalized spacial score (nSPS) is 17.2. The quantitative estimate of drug-likeness (QED) is 0.801. The topological polar surface area (TPSA) is 6.48 Å². The van der Waals surface area contributed by atoms with E-state index in [9.17, 15) is 4.39 Å². The fourth-order valence-electron chi connectivity index (χ4n) is 3.08. The zero-order valence-electron chi connectivity index (χ0n) is 13.2. The van der Waals surface area contributed by atoms with Gasteiger partial charge in [0.2, 0.25) is 0 Å². The lowest BCUT2D eigenvalue weighted by molar-refractivity contribution is 0.151. The van der Waals surface area contributed by atoms with Crippen LogP contribution in [0.1, 0.15) is 26.7 Å². The molecule has 1 fully saturated rings. The minimum Gasteiger partial charge on any atom is -0.367 e. The van der Waals surface area contributed by atoms with Crippen LogP contribution in [0.4, 0.5) is 10.1 Å². The van der Waals surface area contributed by atoms with Crippen molar-refractivity contribution in [1.82, 2.24) is 4.90 Å². The molecule has 1 saturated heterocycles.